The molecule has 0 atom stereocenters. The predicted octanol–water partition coefficient (Wildman–Crippen LogP) is 1.77. The van der Waals surface area contributed by atoms with Crippen molar-refractivity contribution in [3.05, 3.63) is 0 Å². The van der Waals surface area contributed by atoms with Crippen LogP contribution in [-0.2, 0) is 4.79 Å². The number of amides is 1. The molecule has 1 fully saturated rings. The summed E-state index contributed by atoms with van der Waals surface area (Å²) in [4.78, 5) is 13.7. The van der Waals surface area contributed by atoms with Gasteiger partial charge in [-0.25, -0.2) is 0 Å². The number of nitrogens with zero attached hydrogens (tertiary/aromatic N) is 1. The molecule has 1 aliphatic rings. The molecule has 0 aromatic carbocycles. The largest absolute Gasteiger partial charge is 0.395 e. The van der Waals surface area contributed by atoms with E-state index in [-0.39, 0.29) is 12.5 Å². The number of hydrogen-bond donors (Lipinski definition) is 1. The number of alkyl halides is 1. The van der Waals surface area contributed by atoms with E-state index in [1.54, 1.807) is 0 Å². The van der Waals surface area contributed by atoms with Gasteiger partial charge in [0.05, 0.1) is 6.61 Å². The summed E-state index contributed by atoms with van der Waals surface area (Å²) in [5.74, 6) is 0.681. The molecular weight excluding hydrogens is 214 g/mol. The van der Waals surface area contributed by atoms with Gasteiger partial charge in [0.25, 0.3) is 0 Å². The first-order valence-electron chi connectivity index (χ1n) is 5.76. The summed E-state index contributed by atoms with van der Waals surface area (Å²) in [5.41, 5.74) is 0. The Morgan fingerprint density at radius 2 is 2.07 bits per heavy atom. The van der Waals surface area contributed by atoms with Gasteiger partial charge in [-0.15, -0.1) is 11.6 Å². The Hall–Kier alpha value is -0.280. The summed E-state index contributed by atoms with van der Waals surface area (Å²) in [6.07, 6.45) is 5.83. The normalized spacial score (nSPS) is 16.9. The first-order valence-corrected chi connectivity index (χ1v) is 6.29. The second kappa shape index (κ2) is 7.07. The number of halogens is 1. The summed E-state index contributed by atoms with van der Waals surface area (Å²) in [5, 5.41) is 8.95. The van der Waals surface area contributed by atoms with Gasteiger partial charge in [0.1, 0.15) is 0 Å². The van der Waals surface area contributed by atoms with Crippen LogP contribution in [0.15, 0.2) is 0 Å². The molecule has 0 spiro atoms. The Labute approximate surface area is 96.4 Å². The van der Waals surface area contributed by atoms with Crippen LogP contribution in [-0.4, -0.2) is 41.0 Å². The van der Waals surface area contributed by atoms with E-state index in [9.17, 15) is 4.79 Å². The molecule has 0 aliphatic heterocycles. The van der Waals surface area contributed by atoms with Crippen molar-refractivity contribution in [3.8, 4) is 0 Å². The third-order valence-electron chi connectivity index (χ3n) is 2.95. The maximum Gasteiger partial charge on any atom is 0.222 e. The van der Waals surface area contributed by atoms with Crippen molar-refractivity contribution in [2.45, 2.75) is 44.6 Å². The van der Waals surface area contributed by atoms with Gasteiger partial charge >= 0.3 is 0 Å². The van der Waals surface area contributed by atoms with E-state index in [4.69, 9.17) is 16.7 Å². The third-order valence-corrected chi connectivity index (χ3v) is 3.22. The minimum atomic E-state index is 0.0586. The fourth-order valence-corrected chi connectivity index (χ4v) is 2.33. The molecule has 1 aliphatic carbocycles. The molecule has 4 heteroatoms. The van der Waals surface area contributed by atoms with Crippen molar-refractivity contribution in [2.24, 2.45) is 0 Å². The molecule has 1 rings (SSSR count). The molecule has 88 valence electrons. The summed E-state index contributed by atoms with van der Waals surface area (Å²) in [7, 11) is 0. The van der Waals surface area contributed by atoms with E-state index < -0.39 is 0 Å². The summed E-state index contributed by atoms with van der Waals surface area (Å²) >= 11 is 5.57. The molecule has 0 bridgehead atoms. The van der Waals surface area contributed by atoms with Gasteiger partial charge in [-0.05, 0) is 19.3 Å². The molecule has 15 heavy (non-hydrogen) atoms. The monoisotopic (exact) mass is 233 g/mol. The number of carbonyl (C=O) groups is 1. The summed E-state index contributed by atoms with van der Waals surface area (Å²) in [6.45, 7) is 0.537. The summed E-state index contributed by atoms with van der Waals surface area (Å²) in [6, 6.07) is 0.361. The highest BCUT2D eigenvalue weighted by molar-refractivity contribution is 6.17. The summed E-state index contributed by atoms with van der Waals surface area (Å²) < 4.78 is 0. The molecule has 1 saturated carbocycles. The maximum absolute atomic E-state index is 11.8. The van der Waals surface area contributed by atoms with Crippen LogP contribution in [0, 0.1) is 0 Å². The zero-order valence-corrected chi connectivity index (χ0v) is 9.88. The van der Waals surface area contributed by atoms with Gasteiger partial charge in [0.2, 0.25) is 5.91 Å². The molecule has 0 aromatic rings. The smallest absolute Gasteiger partial charge is 0.222 e. The van der Waals surface area contributed by atoms with Crippen LogP contribution < -0.4 is 0 Å². The van der Waals surface area contributed by atoms with E-state index in [0.717, 1.165) is 19.3 Å². The van der Waals surface area contributed by atoms with Crippen LogP contribution in [0.4, 0.5) is 0 Å². The lowest BCUT2D eigenvalue weighted by atomic mass is 10.2. The number of hydrogen-bond acceptors (Lipinski definition) is 2. The molecule has 0 radical (unpaired) electrons. The Kier molecular flexibility index (Phi) is 6.03. The van der Waals surface area contributed by atoms with E-state index >= 15 is 0 Å². The Bertz CT molecular complexity index is 193. The van der Waals surface area contributed by atoms with Crippen molar-refractivity contribution in [3.63, 3.8) is 0 Å². The van der Waals surface area contributed by atoms with Gasteiger partial charge in [0.15, 0.2) is 0 Å². The SMILES string of the molecule is O=C(CCCCl)N(CCO)C1CCCC1. The van der Waals surface area contributed by atoms with Crippen molar-refractivity contribution in [1.29, 1.82) is 0 Å². The lowest BCUT2D eigenvalue weighted by molar-refractivity contribution is -0.134. The lowest BCUT2D eigenvalue weighted by Crippen LogP contribution is -2.40. The Balaban J connectivity index is 2.43. The van der Waals surface area contributed by atoms with Crippen molar-refractivity contribution < 1.29 is 9.90 Å². The van der Waals surface area contributed by atoms with Crippen molar-refractivity contribution in [1.82, 2.24) is 4.90 Å². The molecule has 0 heterocycles. The molecule has 1 N–H and O–H groups in total. The third kappa shape index (κ3) is 3.99. The fourth-order valence-electron chi connectivity index (χ4n) is 2.20. The van der Waals surface area contributed by atoms with Crippen LogP contribution in [0.3, 0.4) is 0 Å². The first-order chi connectivity index (χ1) is 7.29. The molecule has 0 unspecified atom stereocenters. The highest BCUT2D eigenvalue weighted by Crippen LogP contribution is 2.24. The lowest BCUT2D eigenvalue weighted by Gasteiger charge is -2.28. The van der Waals surface area contributed by atoms with Gasteiger partial charge in [-0.3, -0.25) is 4.79 Å². The van der Waals surface area contributed by atoms with Crippen molar-refractivity contribution >= 4 is 17.5 Å². The molecule has 1 amide bonds. The van der Waals surface area contributed by atoms with Gasteiger partial charge < -0.3 is 10.0 Å². The van der Waals surface area contributed by atoms with Gasteiger partial charge in [0, 0.05) is 24.9 Å². The number of aliphatic hydroxyl groups is 1. The van der Waals surface area contributed by atoms with Crippen LogP contribution >= 0.6 is 11.6 Å². The molecule has 0 saturated heterocycles. The van der Waals surface area contributed by atoms with Gasteiger partial charge in [-0.2, -0.15) is 0 Å². The quantitative estimate of drug-likeness (QED) is 0.711. The zero-order chi connectivity index (χ0) is 11.1. The average Bonchev–Trinajstić information content (AvgIpc) is 2.75. The highest BCUT2D eigenvalue weighted by atomic mass is 35.5. The van der Waals surface area contributed by atoms with Gasteiger partial charge in [-0.1, -0.05) is 12.8 Å². The molecule has 3 nitrogen and oxygen atoms in total. The average molecular weight is 234 g/mol. The van der Waals surface area contributed by atoms with Crippen molar-refractivity contribution in [2.75, 3.05) is 19.0 Å². The Morgan fingerprint density at radius 1 is 1.40 bits per heavy atom. The van der Waals surface area contributed by atoms with E-state index in [0.29, 0.717) is 24.9 Å². The van der Waals surface area contributed by atoms with Crippen LogP contribution in [0.1, 0.15) is 38.5 Å². The topological polar surface area (TPSA) is 40.5 Å². The second-order valence-electron chi connectivity index (χ2n) is 4.04. The maximum atomic E-state index is 11.8. The fraction of sp³-hybridized carbons (Fsp3) is 0.909. The Morgan fingerprint density at radius 3 is 2.60 bits per heavy atom. The van der Waals surface area contributed by atoms with Crippen LogP contribution in [0.2, 0.25) is 0 Å². The zero-order valence-electron chi connectivity index (χ0n) is 9.12. The van der Waals surface area contributed by atoms with E-state index in [2.05, 4.69) is 0 Å². The number of rotatable bonds is 6. The molecule has 0 aromatic heterocycles. The standard InChI is InChI=1S/C11H20ClNO2/c12-7-3-6-11(15)13(8-9-14)10-4-1-2-5-10/h10,14H,1-9H2. The highest BCUT2D eigenvalue weighted by Gasteiger charge is 2.25. The first kappa shape index (κ1) is 12.8. The van der Waals surface area contributed by atoms with E-state index in [1.165, 1.54) is 12.8 Å². The second-order valence-corrected chi connectivity index (χ2v) is 4.42. The van der Waals surface area contributed by atoms with E-state index in [1.807, 2.05) is 4.90 Å². The number of carbonyl (C=O) groups excluding carboxylic acids is 1. The minimum absolute atomic E-state index is 0.0586. The predicted molar refractivity (Wildman–Crippen MR) is 61.0 cm³/mol. The van der Waals surface area contributed by atoms with Crippen LogP contribution in [0.5, 0.6) is 0 Å². The molecular formula is C11H20ClNO2. The number of aliphatic hydroxyl groups excluding tert-OH is 1. The minimum Gasteiger partial charge on any atom is -0.395 e. The van der Waals surface area contributed by atoms with Crippen LogP contribution in [0.25, 0.3) is 0 Å².